The molecule has 1 heterocycles. The second kappa shape index (κ2) is 3.69. The summed E-state index contributed by atoms with van der Waals surface area (Å²) in [5, 5.41) is 9.90. The Hall–Kier alpha value is -0.900. The highest BCUT2D eigenvalue weighted by Crippen LogP contribution is 2.29. The molecule has 0 aliphatic heterocycles. The topological polar surface area (TPSA) is 50.2 Å². The number of carboxylic acids is 1. The van der Waals surface area contributed by atoms with Gasteiger partial charge in [-0.2, -0.15) is 0 Å². The highest BCUT2D eigenvalue weighted by atomic mass is 32.1. The third-order valence-corrected chi connectivity index (χ3v) is 3.07. The van der Waals surface area contributed by atoms with Gasteiger partial charge in [-0.05, 0) is 6.42 Å². The van der Waals surface area contributed by atoms with Crippen LogP contribution in [0.4, 0.5) is 0 Å². The van der Waals surface area contributed by atoms with E-state index >= 15 is 0 Å². The van der Waals surface area contributed by atoms with Crippen LogP contribution in [0.2, 0.25) is 0 Å². The van der Waals surface area contributed by atoms with Gasteiger partial charge in [0.1, 0.15) is 4.88 Å². The minimum absolute atomic E-state index is 0.197. The Labute approximate surface area is 87.8 Å². The van der Waals surface area contributed by atoms with Crippen molar-refractivity contribution in [3.63, 3.8) is 0 Å². The summed E-state index contributed by atoms with van der Waals surface area (Å²) in [6, 6.07) is 0. The van der Waals surface area contributed by atoms with Crippen molar-refractivity contribution in [2.75, 3.05) is 0 Å². The molecule has 0 aliphatic carbocycles. The third-order valence-electron chi connectivity index (χ3n) is 1.88. The lowest BCUT2D eigenvalue weighted by Crippen LogP contribution is -2.16. The van der Waals surface area contributed by atoms with Gasteiger partial charge in [0.2, 0.25) is 0 Å². The lowest BCUT2D eigenvalue weighted by molar-refractivity contribution is 0.0699. The molecule has 78 valence electrons. The summed E-state index contributed by atoms with van der Waals surface area (Å²) in [4.78, 5) is 15.7. The van der Waals surface area contributed by atoms with Crippen molar-refractivity contribution in [2.24, 2.45) is 0 Å². The molecule has 0 bridgehead atoms. The van der Waals surface area contributed by atoms with Gasteiger partial charge in [0.05, 0.1) is 10.7 Å². The molecule has 0 atom stereocenters. The van der Waals surface area contributed by atoms with Crippen LogP contribution < -0.4 is 0 Å². The molecule has 1 rings (SSSR count). The fourth-order valence-electron chi connectivity index (χ4n) is 1.17. The molecule has 0 radical (unpaired) electrons. The van der Waals surface area contributed by atoms with E-state index in [9.17, 15) is 4.79 Å². The average Bonchev–Trinajstić information content (AvgIpc) is 2.46. The van der Waals surface area contributed by atoms with Gasteiger partial charge in [0.25, 0.3) is 0 Å². The molecule has 1 aromatic heterocycles. The summed E-state index contributed by atoms with van der Waals surface area (Å²) in [6.45, 7) is 7.92. The standard InChI is InChI=1S/C10H15NO2S/c1-5-6-11-8(10(2,3)4)7(14-6)9(12)13/h5H2,1-4H3,(H,12,13). The molecule has 0 spiro atoms. The van der Waals surface area contributed by atoms with Crippen molar-refractivity contribution >= 4 is 17.3 Å². The Morgan fingerprint density at radius 1 is 1.50 bits per heavy atom. The molecule has 0 aliphatic rings. The van der Waals surface area contributed by atoms with Gasteiger partial charge in [-0.15, -0.1) is 11.3 Å². The van der Waals surface area contributed by atoms with Crippen LogP contribution in [-0.2, 0) is 11.8 Å². The minimum atomic E-state index is -0.868. The van der Waals surface area contributed by atoms with E-state index in [1.54, 1.807) is 0 Å². The zero-order chi connectivity index (χ0) is 10.9. The van der Waals surface area contributed by atoms with E-state index in [0.717, 1.165) is 11.4 Å². The molecular formula is C10H15NO2S. The summed E-state index contributed by atoms with van der Waals surface area (Å²) >= 11 is 1.28. The smallest absolute Gasteiger partial charge is 0.347 e. The number of aromatic nitrogens is 1. The Morgan fingerprint density at radius 3 is 2.36 bits per heavy atom. The zero-order valence-corrected chi connectivity index (χ0v) is 9.73. The number of aryl methyl sites for hydroxylation is 1. The van der Waals surface area contributed by atoms with Crippen LogP contribution in [-0.4, -0.2) is 16.1 Å². The molecule has 1 aromatic rings. The summed E-state index contributed by atoms with van der Waals surface area (Å²) in [5.41, 5.74) is 0.504. The molecule has 0 saturated heterocycles. The largest absolute Gasteiger partial charge is 0.477 e. The van der Waals surface area contributed by atoms with Gasteiger partial charge in [-0.3, -0.25) is 0 Å². The fourth-order valence-corrected chi connectivity index (χ4v) is 2.22. The number of rotatable bonds is 2. The molecule has 4 heteroatoms. The average molecular weight is 213 g/mol. The zero-order valence-electron chi connectivity index (χ0n) is 8.92. The first-order valence-corrected chi connectivity index (χ1v) is 5.41. The molecule has 0 aromatic carbocycles. The predicted molar refractivity (Wildman–Crippen MR) is 57.2 cm³/mol. The first kappa shape index (κ1) is 11.2. The van der Waals surface area contributed by atoms with Crippen LogP contribution in [0.1, 0.15) is 48.1 Å². The van der Waals surface area contributed by atoms with E-state index in [2.05, 4.69) is 4.98 Å². The van der Waals surface area contributed by atoms with E-state index in [-0.39, 0.29) is 5.41 Å². The van der Waals surface area contributed by atoms with Crippen molar-refractivity contribution in [3.05, 3.63) is 15.6 Å². The van der Waals surface area contributed by atoms with Crippen LogP contribution in [0.5, 0.6) is 0 Å². The van der Waals surface area contributed by atoms with E-state index < -0.39 is 5.97 Å². The van der Waals surface area contributed by atoms with Crippen LogP contribution in [0.25, 0.3) is 0 Å². The van der Waals surface area contributed by atoms with Crippen LogP contribution in [0, 0.1) is 0 Å². The Balaban J connectivity index is 3.26. The highest BCUT2D eigenvalue weighted by molar-refractivity contribution is 7.13. The van der Waals surface area contributed by atoms with Gasteiger partial charge in [-0.1, -0.05) is 27.7 Å². The quantitative estimate of drug-likeness (QED) is 0.821. The predicted octanol–water partition coefficient (Wildman–Crippen LogP) is 2.70. The van der Waals surface area contributed by atoms with Crippen molar-refractivity contribution in [1.29, 1.82) is 0 Å². The molecule has 1 N–H and O–H groups in total. The van der Waals surface area contributed by atoms with Crippen molar-refractivity contribution < 1.29 is 9.90 Å². The van der Waals surface area contributed by atoms with E-state index in [1.165, 1.54) is 11.3 Å². The van der Waals surface area contributed by atoms with Crippen LogP contribution in [0.15, 0.2) is 0 Å². The SMILES string of the molecule is CCc1nc(C(C)(C)C)c(C(=O)O)s1. The van der Waals surface area contributed by atoms with Crippen molar-refractivity contribution in [2.45, 2.75) is 39.5 Å². The normalized spacial score (nSPS) is 11.7. The molecule has 14 heavy (non-hydrogen) atoms. The Kier molecular flexibility index (Phi) is 2.95. The van der Waals surface area contributed by atoms with Crippen LogP contribution in [0.3, 0.4) is 0 Å². The number of hydrogen-bond donors (Lipinski definition) is 1. The molecule has 0 fully saturated rings. The third kappa shape index (κ3) is 2.12. The lowest BCUT2D eigenvalue weighted by atomic mass is 9.91. The molecule has 0 amide bonds. The number of carboxylic acid groups (broad SMARTS) is 1. The summed E-state index contributed by atoms with van der Waals surface area (Å²) < 4.78 is 0. The van der Waals surface area contributed by atoms with E-state index in [4.69, 9.17) is 5.11 Å². The number of aromatic carboxylic acids is 1. The van der Waals surface area contributed by atoms with E-state index in [1.807, 2.05) is 27.7 Å². The van der Waals surface area contributed by atoms with Crippen molar-refractivity contribution in [1.82, 2.24) is 4.98 Å². The first-order valence-electron chi connectivity index (χ1n) is 4.59. The summed E-state index contributed by atoms with van der Waals surface area (Å²) in [5.74, 6) is -0.868. The number of thiazole rings is 1. The molecule has 3 nitrogen and oxygen atoms in total. The summed E-state index contributed by atoms with van der Waals surface area (Å²) in [7, 11) is 0. The molecular weight excluding hydrogens is 198 g/mol. The van der Waals surface area contributed by atoms with Crippen LogP contribution >= 0.6 is 11.3 Å². The van der Waals surface area contributed by atoms with Gasteiger partial charge < -0.3 is 5.11 Å². The van der Waals surface area contributed by atoms with Crippen molar-refractivity contribution in [3.8, 4) is 0 Å². The Bertz CT molecular complexity index is 349. The summed E-state index contributed by atoms with van der Waals surface area (Å²) in [6.07, 6.45) is 0.793. The maximum atomic E-state index is 11.0. The number of hydrogen-bond acceptors (Lipinski definition) is 3. The van der Waals surface area contributed by atoms with Gasteiger partial charge in [0, 0.05) is 5.41 Å². The number of nitrogens with zero attached hydrogens (tertiary/aromatic N) is 1. The number of carbonyl (C=O) groups is 1. The molecule has 0 saturated carbocycles. The Morgan fingerprint density at radius 2 is 2.07 bits per heavy atom. The lowest BCUT2D eigenvalue weighted by Gasteiger charge is -2.15. The highest BCUT2D eigenvalue weighted by Gasteiger charge is 2.26. The fraction of sp³-hybridized carbons (Fsp3) is 0.600. The second-order valence-electron chi connectivity index (χ2n) is 4.19. The molecule has 0 unspecified atom stereocenters. The van der Waals surface area contributed by atoms with Gasteiger partial charge in [-0.25, -0.2) is 9.78 Å². The van der Waals surface area contributed by atoms with E-state index in [0.29, 0.717) is 10.6 Å². The maximum Gasteiger partial charge on any atom is 0.347 e. The first-order chi connectivity index (χ1) is 6.36. The maximum absolute atomic E-state index is 11.0. The minimum Gasteiger partial charge on any atom is -0.477 e. The second-order valence-corrected chi connectivity index (χ2v) is 5.28. The monoisotopic (exact) mass is 213 g/mol. The van der Waals surface area contributed by atoms with Gasteiger partial charge >= 0.3 is 5.97 Å². The van der Waals surface area contributed by atoms with Gasteiger partial charge in [0.15, 0.2) is 0 Å².